The van der Waals surface area contributed by atoms with Crippen LogP contribution < -0.4 is 4.72 Å². The van der Waals surface area contributed by atoms with Crippen LogP contribution in [0, 0.1) is 0 Å². The summed E-state index contributed by atoms with van der Waals surface area (Å²) in [5, 5.41) is 16.1. The lowest BCUT2D eigenvalue weighted by Gasteiger charge is -2.01. The SMILES string of the molecule is O=C(O)c1cc(S(=O)(=O)NCc2ncn[nH]2)cs1. The zero-order valence-corrected chi connectivity index (χ0v) is 10.5. The van der Waals surface area contributed by atoms with Gasteiger partial charge in [0.1, 0.15) is 17.0 Å². The molecular formula is C8H8N4O4S2. The van der Waals surface area contributed by atoms with Crippen LogP contribution >= 0.6 is 11.3 Å². The Morgan fingerprint density at radius 2 is 2.33 bits per heavy atom. The van der Waals surface area contributed by atoms with Crippen molar-refractivity contribution in [3.05, 3.63) is 28.5 Å². The molecule has 0 bridgehead atoms. The van der Waals surface area contributed by atoms with Crippen molar-refractivity contribution in [1.29, 1.82) is 0 Å². The summed E-state index contributed by atoms with van der Waals surface area (Å²) in [4.78, 5) is 14.3. The highest BCUT2D eigenvalue weighted by molar-refractivity contribution is 7.89. The molecule has 2 rings (SSSR count). The molecule has 0 saturated heterocycles. The first-order valence-electron chi connectivity index (χ1n) is 4.65. The van der Waals surface area contributed by atoms with Crippen molar-refractivity contribution < 1.29 is 18.3 Å². The monoisotopic (exact) mass is 288 g/mol. The molecule has 0 fully saturated rings. The van der Waals surface area contributed by atoms with Gasteiger partial charge in [-0.05, 0) is 6.07 Å². The minimum atomic E-state index is -3.74. The van der Waals surface area contributed by atoms with Gasteiger partial charge in [0.05, 0.1) is 11.4 Å². The highest BCUT2D eigenvalue weighted by atomic mass is 32.2. The number of sulfonamides is 1. The fourth-order valence-electron chi connectivity index (χ4n) is 1.13. The van der Waals surface area contributed by atoms with E-state index in [1.54, 1.807) is 0 Å². The number of aromatic nitrogens is 3. The number of H-pyrrole nitrogens is 1. The minimum Gasteiger partial charge on any atom is -0.477 e. The molecule has 0 spiro atoms. The summed E-state index contributed by atoms with van der Waals surface area (Å²) < 4.78 is 25.9. The number of hydrogen-bond donors (Lipinski definition) is 3. The molecule has 0 saturated carbocycles. The number of aromatic carboxylic acids is 1. The predicted molar refractivity (Wildman–Crippen MR) is 61.7 cm³/mol. The molecule has 10 heteroatoms. The molecule has 0 unspecified atom stereocenters. The van der Waals surface area contributed by atoms with E-state index in [-0.39, 0.29) is 16.3 Å². The van der Waals surface area contributed by atoms with Crippen LogP contribution in [0.4, 0.5) is 0 Å². The molecule has 2 aromatic rings. The van der Waals surface area contributed by atoms with Crippen molar-refractivity contribution in [2.75, 3.05) is 0 Å². The first-order valence-corrected chi connectivity index (χ1v) is 7.01. The van der Waals surface area contributed by atoms with E-state index in [9.17, 15) is 13.2 Å². The molecule has 0 amide bonds. The van der Waals surface area contributed by atoms with E-state index >= 15 is 0 Å². The third-order valence-corrected chi connectivity index (χ3v) is 4.44. The number of thiophene rings is 1. The Bertz CT molecular complexity index is 646. The van der Waals surface area contributed by atoms with Gasteiger partial charge >= 0.3 is 5.97 Å². The van der Waals surface area contributed by atoms with E-state index in [0.717, 1.165) is 17.4 Å². The van der Waals surface area contributed by atoms with E-state index in [0.29, 0.717) is 5.82 Å². The van der Waals surface area contributed by atoms with Gasteiger partial charge in [-0.25, -0.2) is 22.9 Å². The zero-order chi connectivity index (χ0) is 13.2. The van der Waals surface area contributed by atoms with Crippen molar-refractivity contribution in [3.63, 3.8) is 0 Å². The Morgan fingerprint density at radius 3 is 2.89 bits per heavy atom. The second-order valence-corrected chi connectivity index (χ2v) is 5.89. The van der Waals surface area contributed by atoms with Crippen molar-refractivity contribution in [2.45, 2.75) is 11.4 Å². The van der Waals surface area contributed by atoms with Crippen LogP contribution in [0.3, 0.4) is 0 Å². The number of nitrogens with one attached hydrogen (secondary N) is 2. The molecule has 0 aliphatic rings. The van der Waals surface area contributed by atoms with E-state index < -0.39 is 16.0 Å². The van der Waals surface area contributed by atoms with Crippen molar-refractivity contribution in [1.82, 2.24) is 19.9 Å². The fraction of sp³-hybridized carbons (Fsp3) is 0.125. The highest BCUT2D eigenvalue weighted by Gasteiger charge is 2.18. The van der Waals surface area contributed by atoms with Crippen molar-refractivity contribution >= 4 is 27.3 Å². The van der Waals surface area contributed by atoms with Crippen LogP contribution in [-0.2, 0) is 16.6 Å². The molecule has 18 heavy (non-hydrogen) atoms. The number of carbonyl (C=O) groups is 1. The summed E-state index contributed by atoms with van der Waals surface area (Å²) in [5.41, 5.74) is 0. The van der Waals surface area contributed by atoms with Crippen LogP contribution in [0.2, 0.25) is 0 Å². The lowest BCUT2D eigenvalue weighted by molar-refractivity contribution is 0.0702. The molecule has 0 aliphatic carbocycles. The Kier molecular flexibility index (Phi) is 3.41. The van der Waals surface area contributed by atoms with E-state index in [1.807, 2.05) is 0 Å². The molecule has 0 aromatic carbocycles. The van der Waals surface area contributed by atoms with Gasteiger partial charge < -0.3 is 5.11 Å². The topological polar surface area (TPSA) is 125 Å². The van der Waals surface area contributed by atoms with Crippen molar-refractivity contribution in [2.24, 2.45) is 0 Å². The zero-order valence-electron chi connectivity index (χ0n) is 8.82. The summed E-state index contributed by atoms with van der Waals surface area (Å²) in [6.07, 6.45) is 1.26. The average molecular weight is 288 g/mol. The standard InChI is InChI=1S/C8H8N4O4S2/c13-8(14)6-1-5(3-17-6)18(15,16)11-2-7-9-4-10-12-7/h1,3-4,11H,2H2,(H,13,14)(H,9,10,12). The largest absolute Gasteiger partial charge is 0.477 e. The molecule has 2 aromatic heterocycles. The number of hydrogen-bond acceptors (Lipinski definition) is 6. The fourth-order valence-corrected chi connectivity index (χ4v) is 3.23. The maximum Gasteiger partial charge on any atom is 0.345 e. The Balaban J connectivity index is 2.12. The molecule has 3 N–H and O–H groups in total. The smallest absolute Gasteiger partial charge is 0.345 e. The maximum absolute atomic E-state index is 11.8. The maximum atomic E-state index is 11.8. The van der Waals surface area contributed by atoms with Gasteiger partial charge in [0.2, 0.25) is 10.0 Å². The first-order chi connectivity index (χ1) is 8.49. The van der Waals surface area contributed by atoms with Gasteiger partial charge in [0.25, 0.3) is 0 Å². The molecule has 96 valence electrons. The molecule has 2 heterocycles. The normalized spacial score (nSPS) is 11.6. The average Bonchev–Trinajstić information content (AvgIpc) is 2.98. The second-order valence-electron chi connectivity index (χ2n) is 3.21. The minimum absolute atomic E-state index is 0.0324. The lowest BCUT2D eigenvalue weighted by atomic mass is 10.5. The third kappa shape index (κ3) is 2.72. The third-order valence-electron chi connectivity index (χ3n) is 1.99. The Hall–Kier alpha value is -1.78. The van der Waals surface area contributed by atoms with Gasteiger partial charge in [-0.15, -0.1) is 11.3 Å². The quantitative estimate of drug-likeness (QED) is 0.713. The number of aromatic amines is 1. The first kappa shape index (κ1) is 12.7. The van der Waals surface area contributed by atoms with Crippen LogP contribution in [-0.4, -0.2) is 34.7 Å². The summed E-state index contributed by atoms with van der Waals surface area (Å²) >= 11 is 0.853. The Morgan fingerprint density at radius 1 is 1.56 bits per heavy atom. The lowest BCUT2D eigenvalue weighted by Crippen LogP contribution is -2.23. The summed E-state index contributed by atoms with van der Waals surface area (Å²) in [6.45, 7) is -0.0411. The predicted octanol–water partition coefficient (Wildman–Crippen LogP) is 0.0429. The van der Waals surface area contributed by atoms with Crippen LogP contribution in [0.15, 0.2) is 22.7 Å². The summed E-state index contributed by atoms with van der Waals surface area (Å²) in [5.74, 6) is -0.788. The van der Waals surface area contributed by atoms with E-state index in [4.69, 9.17) is 5.11 Å². The van der Waals surface area contributed by atoms with E-state index in [2.05, 4.69) is 19.9 Å². The van der Waals surface area contributed by atoms with Crippen LogP contribution in [0.5, 0.6) is 0 Å². The van der Waals surface area contributed by atoms with Crippen molar-refractivity contribution in [3.8, 4) is 0 Å². The molecular weight excluding hydrogens is 280 g/mol. The molecule has 8 nitrogen and oxygen atoms in total. The van der Waals surface area contributed by atoms with Crippen LogP contribution in [0.1, 0.15) is 15.5 Å². The molecule has 0 radical (unpaired) electrons. The number of carboxylic acids is 1. The Labute approximate surface area is 106 Å². The highest BCUT2D eigenvalue weighted by Crippen LogP contribution is 2.19. The molecule has 0 atom stereocenters. The van der Waals surface area contributed by atoms with Gasteiger partial charge in [0.15, 0.2) is 0 Å². The van der Waals surface area contributed by atoms with Crippen LogP contribution in [0.25, 0.3) is 0 Å². The van der Waals surface area contributed by atoms with Gasteiger partial charge in [-0.3, -0.25) is 5.10 Å². The van der Waals surface area contributed by atoms with Gasteiger partial charge in [0, 0.05) is 5.38 Å². The molecule has 0 aliphatic heterocycles. The van der Waals surface area contributed by atoms with Gasteiger partial charge in [-0.1, -0.05) is 0 Å². The summed E-state index contributed by atoms with van der Waals surface area (Å²) in [6, 6.07) is 1.11. The van der Waals surface area contributed by atoms with E-state index in [1.165, 1.54) is 11.7 Å². The second kappa shape index (κ2) is 4.84. The number of nitrogens with zero attached hydrogens (tertiary/aromatic N) is 2. The number of carboxylic acid groups (broad SMARTS) is 1. The summed E-state index contributed by atoms with van der Waals surface area (Å²) in [7, 11) is -3.74. The van der Waals surface area contributed by atoms with Gasteiger partial charge in [-0.2, -0.15) is 5.10 Å². The number of rotatable bonds is 5.